The van der Waals surface area contributed by atoms with Gasteiger partial charge in [-0.15, -0.1) is 0 Å². The summed E-state index contributed by atoms with van der Waals surface area (Å²) in [6, 6.07) is 18.2. The molecular formula is C24H27N5O2. The number of carbonyl (C=O) groups excluding carboxylic acids is 1. The number of nitrogens with zero attached hydrogens (tertiary/aromatic N) is 4. The molecule has 0 bridgehead atoms. The Kier molecular flexibility index (Phi) is 6.31. The highest BCUT2D eigenvalue weighted by molar-refractivity contribution is 5.91. The molecule has 0 aliphatic carbocycles. The highest BCUT2D eigenvalue weighted by Crippen LogP contribution is 2.21. The van der Waals surface area contributed by atoms with E-state index >= 15 is 0 Å². The lowest BCUT2D eigenvalue weighted by molar-refractivity contribution is -0.118. The monoisotopic (exact) mass is 417 g/mol. The van der Waals surface area contributed by atoms with Crippen LogP contribution in [0.15, 0.2) is 60.9 Å². The van der Waals surface area contributed by atoms with E-state index in [2.05, 4.69) is 49.4 Å². The summed E-state index contributed by atoms with van der Waals surface area (Å²) in [7, 11) is 0. The number of benzene rings is 2. The summed E-state index contributed by atoms with van der Waals surface area (Å²) < 4.78 is 5.68. The van der Waals surface area contributed by atoms with E-state index in [0.29, 0.717) is 5.82 Å². The Hall–Kier alpha value is -3.61. The van der Waals surface area contributed by atoms with Crippen LogP contribution >= 0.6 is 0 Å². The number of aryl methyl sites for hydroxylation is 2. The van der Waals surface area contributed by atoms with Gasteiger partial charge in [-0.25, -0.2) is 9.97 Å². The van der Waals surface area contributed by atoms with E-state index in [1.165, 1.54) is 12.0 Å². The summed E-state index contributed by atoms with van der Waals surface area (Å²) >= 11 is 0. The minimum Gasteiger partial charge on any atom is -0.483 e. The lowest BCUT2D eigenvalue weighted by atomic mass is 10.1. The van der Waals surface area contributed by atoms with Crippen molar-refractivity contribution in [2.24, 2.45) is 0 Å². The maximum absolute atomic E-state index is 12.4. The average Bonchev–Trinajstić information content (AvgIpc) is 2.80. The molecular weight excluding hydrogens is 390 g/mol. The molecule has 2 heterocycles. The molecule has 0 atom stereocenters. The summed E-state index contributed by atoms with van der Waals surface area (Å²) in [6.45, 7) is 7.43. The van der Waals surface area contributed by atoms with Crippen molar-refractivity contribution in [2.45, 2.75) is 13.8 Å². The van der Waals surface area contributed by atoms with Crippen LogP contribution in [0.5, 0.6) is 5.75 Å². The van der Waals surface area contributed by atoms with E-state index in [-0.39, 0.29) is 12.5 Å². The first-order valence-corrected chi connectivity index (χ1v) is 10.5. The van der Waals surface area contributed by atoms with Crippen molar-refractivity contribution < 1.29 is 9.53 Å². The van der Waals surface area contributed by atoms with Crippen molar-refractivity contribution in [1.29, 1.82) is 0 Å². The first-order valence-electron chi connectivity index (χ1n) is 10.5. The highest BCUT2D eigenvalue weighted by atomic mass is 16.5. The maximum Gasteiger partial charge on any atom is 0.263 e. The molecule has 0 saturated carbocycles. The second-order valence-corrected chi connectivity index (χ2v) is 7.68. The number of hydrogen-bond acceptors (Lipinski definition) is 6. The van der Waals surface area contributed by atoms with Crippen LogP contribution in [-0.4, -0.2) is 48.7 Å². The highest BCUT2D eigenvalue weighted by Gasteiger charge is 2.19. The van der Waals surface area contributed by atoms with Gasteiger partial charge >= 0.3 is 0 Å². The molecule has 1 saturated heterocycles. The summed E-state index contributed by atoms with van der Waals surface area (Å²) in [5.41, 5.74) is 3.33. The predicted molar refractivity (Wildman–Crippen MR) is 123 cm³/mol. The fourth-order valence-electron chi connectivity index (χ4n) is 3.61. The number of carbonyl (C=O) groups is 1. The lowest BCUT2D eigenvalue weighted by Gasteiger charge is -2.36. The van der Waals surface area contributed by atoms with Crippen molar-refractivity contribution in [3.8, 4) is 5.75 Å². The Morgan fingerprint density at radius 1 is 0.968 bits per heavy atom. The first-order chi connectivity index (χ1) is 15.1. The van der Waals surface area contributed by atoms with Gasteiger partial charge < -0.3 is 19.9 Å². The van der Waals surface area contributed by atoms with Crippen LogP contribution in [0.2, 0.25) is 0 Å². The van der Waals surface area contributed by atoms with Crippen LogP contribution < -0.4 is 19.9 Å². The summed E-state index contributed by atoms with van der Waals surface area (Å²) in [4.78, 5) is 25.5. The molecule has 1 N–H and O–H groups in total. The fourth-order valence-corrected chi connectivity index (χ4v) is 3.61. The fraction of sp³-hybridized carbons (Fsp3) is 0.292. The van der Waals surface area contributed by atoms with Gasteiger partial charge in [0, 0.05) is 37.9 Å². The molecule has 0 unspecified atom stereocenters. The Bertz CT molecular complexity index is 1030. The molecule has 0 radical (unpaired) electrons. The Morgan fingerprint density at radius 2 is 1.71 bits per heavy atom. The third-order valence-corrected chi connectivity index (χ3v) is 5.35. The zero-order valence-electron chi connectivity index (χ0n) is 17.9. The first kappa shape index (κ1) is 20.7. The van der Waals surface area contributed by atoms with E-state index in [1.54, 1.807) is 0 Å². The van der Waals surface area contributed by atoms with Gasteiger partial charge in [0.05, 0.1) is 0 Å². The molecule has 1 amide bonds. The number of nitrogens with one attached hydrogen (secondary N) is 1. The molecule has 31 heavy (non-hydrogen) atoms. The van der Waals surface area contributed by atoms with Gasteiger partial charge in [0.15, 0.2) is 6.61 Å². The summed E-state index contributed by atoms with van der Waals surface area (Å²) in [6.07, 6.45) is 1.49. The van der Waals surface area contributed by atoms with Gasteiger partial charge in [0.25, 0.3) is 5.91 Å². The number of para-hydroxylation sites is 1. The van der Waals surface area contributed by atoms with E-state index in [4.69, 9.17) is 4.74 Å². The predicted octanol–water partition coefficient (Wildman–Crippen LogP) is 3.44. The number of amides is 1. The molecule has 7 nitrogen and oxygen atoms in total. The van der Waals surface area contributed by atoms with Crippen molar-refractivity contribution in [3.63, 3.8) is 0 Å². The average molecular weight is 418 g/mol. The van der Waals surface area contributed by atoms with E-state index < -0.39 is 0 Å². The molecule has 3 aromatic rings. The summed E-state index contributed by atoms with van der Waals surface area (Å²) in [5.74, 6) is 1.76. The Balaban J connectivity index is 1.32. The number of aromatic nitrogens is 2. The lowest BCUT2D eigenvalue weighted by Crippen LogP contribution is -2.46. The van der Waals surface area contributed by atoms with Crippen LogP contribution in [0.1, 0.15) is 11.1 Å². The van der Waals surface area contributed by atoms with Crippen molar-refractivity contribution >= 4 is 23.2 Å². The van der Waals surface area contributed by atoms with Gasteiger partial charge in [-0.3, -0.25) is 4.79 Å². The van der Waals surface area contributed by atoms with Crippen LogP contribution in [-0.2, 0) is 4.79 Å². The Morgan fingerprint density at radius 3 is 2.48 bits per heavy atom. The Labute approximate surface area is 182 Å². The van der Waals surface area contributed by atoms with Crippen LogP contribution in [0.3, 0.4) is 0 Å². The largest absolute Gasteiger partial charge is 0.483 e. The second kappa shape index (κ2) is 9.47. The molecule has 1 aliphatic heterocycles. The minimum atomic E-state index is -0.251. The maximum atomic E-state index is 12.4. The van der Waals surface area contributed by atoms with Gasteiger partial charge in [-0.05, 0) is 43.2 Å². The third-order valence-electron chi connectivity index (χ3n) is 5.35. The standard InChI is InChI=1S/C24H27N5O2/c1-18-8-9-19(2)21(14-18)31-16-24(30)27-22-15-23(26-17-25-22)29-12-10-28(11-13-29)20-6-4-3-5-7-20/h3-9,14-15,17H,10-13,16H2,1-2H3,(H,25,26,27,30). The SMILES string of the molecule is Cc1ccc(C)c(OCC(=O)Nc2cc(N3CCN(c4ccccc4)CC3)ncn2)c1. The van der Waals surface area contributed by atoms with Crippen LogP contribution in [0.4, 0.5) is 17.3 Å². The van der Waals surface area contributed by atoms with Crippen molar-refractivity contribution in [2.75, 3.05) is 47.9 Å². The van der Waals surface area contributed by atoms with Crippen LogP contribution in [0, 0.1) is 13.8 Å². The number of piperazine rings is 1. The zero-order valence-corrected chi connectivity index (χ0v) is 17.9. The van der Waals surface area contributed by atoms with Gasteiger partial charge in [-0.2, -0.15) is 0 Å². The molecule has 1 fully saturated rings. The topological polar surface area (TPSA) is 70.6 Å². The van der Waals surface area contributed by atoms with E-state index in [0.717, 1.165) is 48.9 Å². The molecule has 160 valence electrons. The quantitative estimate of drug-likeness (QED) is 0.663. The van der Waals surface area contributed by atoms with Crippen LogP contribution in [0.25, 0.3) is 0 Å². The van der Waals surface area contributed by atoms with E-state index in [1.807, 2.05) is 44.2 Å². The molecule has 2 aromatic carbocycles. The summed E-state index contributed by atoms with van der Waals surface area (Å²) in [5, 5.41) is 2.81. The van der Waals surface area contributed by atoms with Crippen molar-refractivity contribution in [3.05, 3.63) is 72.1 Å². The van der Waals surface area contributed by atoms with Gasteiger partial charge in [0.1, 0.15) is 23.7 Å². The zero-order chi connectivity index (χ0) is 21.6. The number of ether oxygens (including phenoxy) is 1. The molecule has 0 spiro atoms. The molecule has 1 aromatic heterocycles. The molecule has 7 heteroatoms. The van der Waals surface area contributed by atoms with E-state index in [9.17, 15) is 4.79 Å². The normalized spacial score (nSPS) is 13.7. The number of anilines is 3. The smallest absolute Gasteiger partial charge is 0.263 e. The third kappa shape index (κ3) is 5.31. The molecule has 1 aliphatic rings. The van der Waals surface area contributed by atoms with Gasteiger partial charge in [0.2, 0.25) is 0 Å². The minimum absolute atomic E-state index is 0.0701. The van der Waals surface area contributed by atoms with Gasteiger partial charge in [-0.1, -0.05) is 30.3 Å². The number of rotatable bonds is 6. The number of hydrogen-bond donors (Lipinski definition) is 1. The second-order valence-electron chi connectivity index (χ2n) is 7.68. The van der Waals surface area contributed by atoms with Crippen molar-refractivity contribution in [1.82, 2.24) is 9.97 Å². The molecule has 4 rings (SSSR count).